The van der Waals surface area contributed by atoms with Gasteiger partial charge in [-0.3, -0.25) is 4.79 Å². The van der Waals surface area contributed by atoms with E-state index in [0.717, 1.165) is 51.9 Å². The van der Waals surface area contributed by atoms with Crippen LogP contribution in [0.1, 0.15) is 32.1 Å². The van der Waals surface area contributed by atoms with E-state index in [2.05, 4.69) is 4.90 Å². The van der Waals surface area contributed by atoms with Crippen LogP contribution in [0.3, 0.4) is 0 Å². The molecule has 4 rings (SSSR count). The average molecular weight is 351 g/mol. The zero-order chi connectivity index (χ0) is 17.3. The molecular formula is C18H29N3O4. The number of carbonyl (C=O) groups is 2. The second-order valence-corrected chi connectivity index (χ2v) is 7.78. The summed E-state index contributed by atoms with van der Waals surface area (Å²) >= 11 is 0. The number of piperidine rings is 1. The predicted octanol–water partition coefficient (Wildman–Crippen LogP) is 0.932. The molecule has 0 saturated carbocycles. The van der Waals surface area contributed by atoms with Gasteiger partial charge in [0.15, 0.2) is 0 Å². The van der Waals surface area contributed by atoms with Crippen molar-refractivity contribution in [3.05, 3.63) is 0 Å². The van der Waals surface area contributed by atoms with Gasteiger partial charge in [-0.2, -0.15) is 0 Å². The Kier molecular flexibility index (Phi) is 4.86. The van der Waals surface area contributed by atoms with Crippen LogP contribution in [0.4, 0.5) is 4.79 Å². The number of nitrogens with zero attached hydrogens (tertiary/aromatic N) is 3. The Labute approximate surface area is 149 Å². The maximum absolute atomic E-state index is 13.3. The van der Waals surface area contributed by atoms with Gasteiger partial charge in [0, 0.05) is 52.0 Å². The molecule has 7 heteroatoms. The lowest BCUT2D eigenvalue weighted by Crippen LogP contribution is -2.55. The third kappa shape index (κ3) is 3.24. The van der Waals surface area contributed by atoms with E-state index in [9.17, 15) is 9.59 Å². The molecule has 25 heavy (non-hydrogen) atoms. The summed E-state index contributed by atoms with van der Waals surface area (Å²) in [6, 6.07) is 0.401. The molecule has 1 spiro atoms. The maximum Gasteiger partial charge on any atom is 0.320 e. The maximum atomic E-state index is 13.3. The highest BCUT2D eigenvalue weighted by atomic mass is 16.5. The molecule has 140 valence electrons. The van der Waals surface area contributed by atoms with Gasteiger partial charge in [0.25, 0.3) is 0 Å². The Morgan fingerprint density at radius 2 is 1.64 bits per heavy atom. The van der Waals surface area contributed by atoms with Crippen molar-refractivity contribution >= 4 is 11.9 Å². The Morgan fingerprint density at radius 1 is 0.920 bits per heavy atom. The lowest BCUT2D eigenvalue weighted by Gasteiger charge is -2.44. The number of carbonyl (C=O) groups excluding carboxylic acids is 2. The van der Waals surface area contributed by atoms with Crippen LogP contribution in [-0.2, 0) is 14.3 Å². The normalized spacial score (nSPS) is 31.8. The van der Waals surface area contributed by atoms with Crippen LogP contribution >= 0.6 is 0 Å². The van der Waals surface area contributed by atoms with E-state index in [1.807, 2.05) is 9.80 Å². The van der Waals surface area contributed by atoms with Crippen LogP contribution in [0.15, 0.2) is 0 Å². The summed E-state index contributed by atoms with van der Waals surface area (Å²) < 4.78 is 10.8. The van der Waals surface area contributed by atoms with E-state index in [4.69, 9.17) is 9.47 Å². The van der Waals surface area contributed by atoms with E-state index in [-0.39, 0.29) is 17.4 Å². The molecule has 0 bridgehead atoms. The van der Waals surface area contributed by atoms with Crippen molar-refractivity contribution in [3.63, 3.8) is 0 Å². The van der Waals surface area contributed by atoms with Crippen molar-refractivity contribution in [3.8, 4) is 0 Å². The van der Waals surface area contributed by atoms with E-state index in [1.165, 1.54) is 0 Å². The summed E-state index contributed by atoms with van der Waals surface area (Å²) in [5.74, 6) is 0.280. The first kappa shape index (κ1) is 17.1. The lowest BCUT2D eigenvalue weighted by molar-refractivity contribution is -0.150. The van der Waals surface area contributed by atoms with Gasteiger partial charge in [-0.1, -0.05) is 0 Å². The summed E-state index contributed by atoms with van der Waals surface area (Å²) in [6.07, 6.45) is 4.65. The zero-order valence-electron chi connectivity index (χ0n) is 15.0. The molecule has 4 aliphatic heterocycles. The van der Waals surface area contributed by atoms with Gasteiger partial charge < -0.3 is 24.2 Å². The highest BCUT2D eigenvalue weighted by Crippen LogP contribution is 2.41. The summed E-state index contributed by atoms with van der Waals surface area (Å²) in [4.78, 5) is 32.0. The summed E-state index contributed by atoms with van der Waals surface area (Å²) in [6.45, 7) is 6.19. The molecule has 1 atom stereocenters. The molecular weight excluding hydrogens is 322 g/mol. The van der Waals surface area contributed by atoms with Crippen molar-refractivity contribution < 1.29 is 19.1 Å². The smallest absolute Gasteiger partial charge is 0.320 e. The molecule has 1 unspecified atom stereocenters. The topological polar surface area (TPSA) is 62.3 Å². The van der Waals surface area contributed by atoms with Crippen LogP contribution in [0.5, 0.6) is 0 Å². The summed E-state index contributed by atoms with van der Waals surface area (Å²) in [5.41, 5.74) is -0.349. The van der Waals surface area contributed by atoms with Gasteiger partial charge in [-0.25, -0.2) is 4.79 Å². The molecule has 4 saturated heterocycles. The third-order valence-corrected chi connectivity index (χ3v) is 6.31. The second-order valence-electron chi connectivity index (χ2n) is 7.78. The molecule has 0 aromatic rings. The zero-order valence-corrected chi connectivity index (χ0v) is 15.0. The number of rotatable bonds is 1. The van der Waals surface area contributed by atoms with Crippen LogP contribution in [-0.4, -0.2) is 91.8 Å². The van der Waals surface area contributed by atoms with Crippen LogP contribution < -0.4 is 0 Å². The number of urea groups is 1. The van der Waals surface area contributed by atoms with Gasteiger partial charge in [-0.05, 0) is 32.1 Å². The number of hydrogen-bond donors (Lipinski definition) is 0. The van der Waals surface area contributed by atoms with E-state index >= 15 is 0 Å². The molecule has 3 amide bonds. The second kappa shape index (κ2) is 7.11. The fraction of sp³-hybridized carbons (Fsp3) is 0.889. The van der Waals surface area contributed by atoms with Crippen molar-refractivity contribution in [2.45, 2.75) is 38.1 Å². The number of morpholine rings is 1. The molecule has 0 N–H and O–H groups in total. The average Bonchev–Trinajstić information content (AvgIpc) is 3.10. The van der Waals surface area contributed by atoms with Gasteiger partial charge in [0.1, 0.15) is 0 Å². The Bertz CT molecular complexity index is 516. The van der Waals surface area contributed by atoms with Gasteiger partial charge in [0.05, 0.1) is 18.6 Å². The molecule has 7 nitrogen and oxygen atoms in total. The lowest BCUT2D eigenvalue weighted by atomic mass is 9.77. The molecule has 0 aliphatic carbocycles. The quantitative estimate of drug-likeness (QED) is 0.705. The van der Waals surface area contributed by atoms with Crippen LogP contribution in [0.25, 0.3) is 0 Å². The van der Waals surface area contributed by atoms with Gasteiger partial charge in [0.2, 0.25) is 5.91 Å². The van der Waals surface area contributed by atoms with Crippen LogP contribution in [0, 0.1) is 5.41 Å². The molecule has 0 aromatic heterocycles. The fourth-order valence-corrected chi connectivity index (χ4v) is 4.82. The molecule has 0 aromatic carbocycles. The van der Waals surface area contributed by atoms with Crippen molar-refractivity contribution in [1.82, 2.24) is 14.7 Å². The number of ether oxygens (including phenoxy) is 2. The summed E-state index contributed by atoms with van der Waals surface area (Å²) in [7, 11) is 0. The standard InChI is InChI=1S/C18H29N3O4/c22-16-18(4-1-6-21(16)15-2-10-24-11-3-15)5-7-20(14-18)17(23)19-8-12-25-13-9-19/h15H,1-14H2. The number of hydrogen-bond acceptors (Lipinski definition) is 4. The van der Waals surface area contributed by atoms with Crippen molar-refractivity contribution in [2.75, 3.05) is 59.2 Å². The Balaban J connectivity index is 1.42. The minimum atomic E-state index is -0.349. The SMILES string of the molecule is O=C(N1CCOCC1)N1CCC2(CCCN(C3CCOCC3)C2=O)C1. The Morgan fingerprint density at radius 3 is 2.40 bits per heavy atom. The largest absolute Gasteiger partial charge is 0.381 e. The van der Waals surface area contributed by atoms with Crippen molar-refractivity contribution in [1.29, 1.82) is 0 Å². The molecule has 4 fully saturated rings. The first-order valence-electron chi connectivity index (χ1n) is 9.70. The van der Waals surface area contributed by atoms with Crippen molar-refractivity contribution in [2.24, 2.45) is 5.41 Å². The van der Waals surface area contributed by atoms with Gasteiger partial charge in [-0.15, -0.1) is 0 Å². The highest BCUT2D eigenvalue weighted by Gasteiger charge is 2.51. The number of likely N-dealkylation sites (tertiary alicyclic amines) is 2. The fourth-order valence-electron chi connectivity index (χ4n) is 4.82. The minimum absolute atomic E-state index is 0.0798. The monoisotopic (exact) mass is 351 g/mol. The Hall–Kier alpha value is -1.34. The van der Waals surface area contributed by atoms with E-state index in [0.29, 0.717) is 45.4 Å². The third-order valence-electron chi connectivity index (χ3n) is 6.31. The minimum Gasteiger partial charge on any atom is -0.381 e. The number of amides is 3. The molecule has 0 radical (unpaired) electrons. The van der Waals surface area contributed by atoms with Gasteiger partial charge >= 0.3 is 6.03 Å². The first-order valence-corrected chi connectivity index (χ1v) is 9.70. The van der Waals surface area contributed by atoms with E-state index in [1.54, 1.807) is 0 Å². The summed E-state index contributed by atoms with van der Waals surface area (Å²) in [5, 5.41) is 0. The van der Waals surface area contributed by atoms with E-state index < -0.39 is 0 Å². The molecule has 4 heterocycles. The predicted molar refractivity (Wildman–Crippen MR) is 91.2 cm³/mol. The van der Waals surface area contributed by atoms with Crippen LogP contribution in [0.2, 0.25) is 0 Å². The molecule has 4 aliphatic rings. The highest BCUT2D eigenvalue weighted by molar-refractivity contribution is 5.86. The first-order chi connectivity index (χ1) is 12.2.